The lowest BCUT2D eigenvalue weighted by Gasteiger charge is -2.78. The standard InChI is InChI=1S/C14H11F13/c1-4-7-10(18,19)5(2)9(16,17)6(3,11(7,20)21)13(24,25)8(15,12(5,22)23)14(7,26)27/h4H2,1-3H3. The number of rotatable bonds is 1. The van der Waals surface area contributed by atoms with E-state index >= 15 is 0 Å². The van der Waals surface area contributed by atoms with Crippen LogP contribution in [0.25, 0.3) is 0 Å². The van der Waals surface area contributed by atoms with E-state index in [0.29, 0.717) is 0 Å². The van der Waals surface area contributed by atoms with Gasteiger partial charge in [-0.1, -0.05) is 6.92 Å². The minimum atomic E-state index is -6.77. The Morgan fingerprint density at radius 1 is 0.444 bits per heavy atom. The molecule has 0 radical (unpaired) electrons. The molecule has 0 amide bonds. The van der Waals surface area contributed by atoms with Gasteiger partial charge in [-0.2, -0.15) is 0 Å². The van der Waals surface area contributed by atoms with Gasteiger partial charge in [0.05, 0.1) is 0 Å². The molecule has 27 heavy (non-hydrogen) atoms. The number of alkyl halides is 13. The third-order valence-electron chi connectivity index (χ3n) is 7.20. The molecule has 0 aliphatic heterocycles. The summed E-state index contributed by atoms with van der Waals surface area (Å²) < 4.78 is 190. The van der Waals surface area contributed by atoms with Crippen LogP contribution < -0.4 is 0 Å². The van der Waals surface area contributed by atoms with Crippen LogP contribution in [0.5, 0.6) is 0 Å². The van der Waals surface area contributed by atoms with E-state index < -0.39 is 77.7 Å². The molecule has 0 saturated heterocycles. The van der Waals surface area contributed by atoms with Crippen LogP contribution in [0.3, 0.4) is 0 Å². The van der Waals surface area contributed by atoms with Crippen molar-refractivity contribution < 1.29 is 57.1 Å². The molecule has 158 valence electrons. The fourth-order valence-corrected chi connectivity index (χ4v) is 5.37. The molecule has 4 rings (SSSR count). The van der Waals surface area contributed by atoms with Crippen molar-refractivity contribution in [1.29, 1.82) is 0 Å². The lowest BCUT2D eigenvalue weighted by atomic mass is 9.30. The zero-order chi connectivity index (χ0) is 21.7. The maximum absolute atomic E-state index is 14.9. The third kappa shape index (κ3) is 1.10. The Kier molecular flexibility index (Phi) is 3.11. The van der Waals surface area contributed by atoms with E-state index in [2.05, 4.69) is 0 Å². The van der Waals surface area contributed by atoms with Crippen molar-refractivity contribution in [2.45, 2.75) is 68.4 Å². The predicted molar refractivity (Wildman–Crippen MR) is 62.5 cm³/mol. The summed E-state index contributed by atoms with van der Waals surface area (Å²) >= 11 is 0. The van der Waals surface area contributed by atoms with E-state index in [4.69, 9.17) is 0 Å². The summed E-state index contributed by atoms with van der Waals surface area (Å²) in [4.78, 5) is 0. The Morgan fingerprint density at radius 2 is 0.741 bits per heavy atom. The quantitative estimate of drug-likeness (QED) is 0.455. The lowest BCUT2D eigenvalue weighted by molar-refractivity contribution is -0.618. The second-order valence-electron chi connectivity index (χ2n) is 7.61. The van der Waals surface area contributed by atoms with Crippen molar-refractivity contribution in [2.75, 3.05) is 0 Å². The Morgan fingerprint density at radius 3 is 1.00 bits per heavy atom. The van der Waals surface area contributed by atoms with Gasteiger partial charge in [0, 0.05) is 0 Å². The van der Waals surface area contributed by atoms with Crippen LogP contribution in [0, 0.1) is 16.2 Å². The highest BCUT2D eigenvalue weighted by Gasteiger charge is 3.18. The van der Waals surface area contributed by atoms with Crippen molar-refractivity contribution in [3.8, 4) is 0 Å². The predicted octanol–water partition coefficient (Wildman–Crippen LogP) is 5.96. The Hall–Kier alpha value is -0.910. The van der Waals surface area contributed by atoms with Gasteiger partial charge in [-0.25, -0.2) is 57.1 Å². The van der Waals surface area contributed by atoms with Crippen molar-refractivity contribution in [3.05, 3.63) is 0 Å². The first-order chi connectivity index (χ1) is 11.6. The fourth-order valence-electron chi connectivity index (χ4n) is 5.37. The van der Waals surface area contributed by atoms with E-state index in [-0.39, 0.29) is 6.92 Å². The summed E-state index contributed by atoms with van der Waals surface area (Å²) in [5, 5.41) is 0. The molecule has 0 aromatic heterocycles. The van der Waals surface area contributed by atoms with Crippen molar-refractivity contribution >= 4 is 0 Å². The molecule has 13 heteroatoms. The zero-order valence-corrected chi connectivity index (χ0v) is 13.6. The highest BCUT2D eigenvalue weighted by atomic mass is 19.3. The van der Waals surface area contributed by atoms with Crippen LogP contribution >= 0.6 is 0 Å². The van der Waals surface area contributed by atoms with Crippen LogP contribution in [0.1, 0.15) is 27.2 Å². The molecule has 4 aliphatic rings. The molecule has 4 fully saturated rings. The van der Waals surface area contributed by atoms with Gasteiger partial charge in [-0.3, -0.25) is 0 Å². The Bertz CT molecular complexity index is 607. The second kappa shape index (κ2) is 4.03. The Labute approximate surface area is 143 Å². The summed E-state index contributed by atoms with van der Waals surface area (Å²) in [5.41, 5.74) is -23.4. The summed E-state index contributed by atoms with van der Waals surface area (Å²) in [7, 11) is 0. The van der Waals surface area contributed by atoms with E-state index in [1.807, 2.05) is 0 Å². The highest BCUT2D eigenvalue weighted by molar-refractivity contribution is 5.48. The lowest BCUT2D eigenvalue weighted by Crippen LogP contribution is -3.03. The van der Waals surface area contributed by atoms with E-state index in [1.54, 1.807) is 0 Å². The maximum Gasteiger partial charge on any atom is 0.310 e. The van der Waals surface area contributed by atoms with E-state index in [1.165, 1.54) is 0 Å². The smallest absolute Gasteiger partial charge is 0.223 e. The molecule has 0 N–H and O–H groups in total. The van der Waals surface area contributed by atoms with Crippen LogP contribution in [-0.4, -0.2) is 41.2 Å². The maximum atomic E-state index is 14.9. The SMILES string of the molecule is CCC12C(F)(F)C3(C)C(F)(F)C(C)(C(F)(F)C(F)(C3(F)F)C1(F)F)C2(F)F. The van der Waals surface area contributed by atoms with E-state index in [0.717, 1.165) is 0 Å². The number of hydrogen-bond acceptors (Lipinski definition) is 0. The molecule has 4 bridgehead atoms. The van der Waals surface area contributed by atoms with Gasteiger partial charge in [0.25, 0.3) is 17.8 Å². The Balaban J connectivity index is 2.73. The minimum absolute atomic E-state index is 0.160. The monoisotopic (exact) mass is 426 g/mol. The van der Waals surface area contributed by atoms with Gasteiger partial charge < -0.3 is 0 Å². The van der Waals surface area contributed by atoms with Crippen LogP contribution in [0.4, 0.5) is 57.1 Å². The van der Waals surface area contributed by atoms with Crippen molar-refractivity contribution in [2.24, 2.45) is 16.2 Å². The van der Waals surface area contributed by atoms with Gasteiger partial charge in [0.1, 0.15) is 0 Å². The first-order valence-electron chi connectivity index (χ1n) is 7.52. The minimum Gasteiger partial charge on any atom is -0.223 e. The molecule has 0 nitrogen and oxygen atoms in total. The van der Waals surface area contributed by atoms with Crippen LogP contribution in [-0.2, 0) is 0 Å². The molecule has 2 unspecified atom stereocenters. The summed E-state index contributed by atoms with van der Waals surface area (Å²) in [6.07, 6.45) is -2.22. The fraction of sp³-hybridized carbons (Fsp3) is 1.00. The topological polar surface area (TPSA) is 0 Å². The van der Waals surface area contributed by atoms with Gasteiger partial charge in [0.2, 0.25) is 0 Å². The molecule has 0 aromatic rings. The average molecular weight is 426 g/mol. The molecule has 0 aromatic carbocycles. The van der Waals surface area contributed by atoms with Gasteiger partial charge >= 0.3 is 23.4 Å². The summed E-state index contributed by atoms with van der Waals surface area (Å²) in [6.45, 7) is -1.44. The van der Waals surface area contributed by atoms with Gasteiger partial charge in [-0.05, 0) is 20.3 Å². The molecular formula is C14H11F13. The van der Waals surface area contributed by atoms with Crippen LogP contribution in [0.2, 0.25) is 0 Å². The average Bonchev–Trinajstić information content (AvgIpc) is 2.48. The molecule has 4 saturated carbocycles. The zero-order valence-electron chi connectivity index (χ0n) is 13.6. The normalized spacial score (nSPS) is 52.0. The first kappa shape index (κ1) is 20.8. The van der Waals surface area contributed by atoms with Gasteiger partial charge in [-0.15, -0.1) is 0 Å². The highest BCUT2D eigenvalue weighted by Crippen LogP contribution is 2.94. The van der Waals surface area contributed by atoms with Crippen molar-refractivity contribution in [1.82, 2.24) is 0 Å². The summed E-state index contributed by atoms with van der Waals surface area (Å²) in [5.74, 6) is -39.3. The molecule has 0 spiro atoms. The van der Waals surface area contributed by atoms with Crippen LogP contribution in [0.15, 0.2) is 0 Å². The van der Waals surface area contributed by atoms with Gasteiger partial charge in [0.15, 0.2) is 16.2 Å². The molecular weight excluding hydrogens is 415 g/mol. The first-order valence-corrected chi connectivity index (χ1v) is 7.52. The summed E-state index contributed by atoms with van der Waals surface area (Å²) in [6, 6.07) is 0. The number of hydrogen-bond donors (Lipinski definition) is 0. The molecule has 0 heterocycles. The number of halogens is 13. The third-order valence-corrected chi connectivity index (χ3v) is 7.20. The molecule has 2 atom stereocenters. The van der Waals surface area contributed by atoms with E-state index in [9.17, 15) is 57.1 Å². The van der Waals surface area contributed by atoms with Crippen molar-refractivity contribution in [3.63, 3.8) is 0 Å². The molecule has 4 aliphatic carbocycles. The largest absolute Gasteiger partial charge is 0.310 e. The second-order valence-corrected chi connectivity index (χ2v) is 7.61.